The molecular formula is C12H21NO. The monoisotopic (exact) mass is 195 g/mol. The third kappa shape index (κ3) is 1.46. The van der Waals surface area contributed by atoms with Crippen molar-refractivity contribution in [3.05, 3.63) is 12.3 Å². The highest BCUT2D eigenvalue weighted by Crippen LogP contribution is 2.40. The van der Waals surface area contributed by atoms with Gasteiger partial charge >= 0.3 is 0 Å². The summed E-state index contributed by atoms with van der Waals surface area (Å²) < 4.78 is 5.67. The van der Waals surface area contributed by atoms with Crippen LogP contribution in [0, 0.1) is 0 Å². The fourth-order valence-corrected chi connectivity index (χ4v) is 3.00. The molecule has 2 fully saturated rings. The minimum atomic E-state index is 0.200. The van der Waals surface area contributed by atoms with Crippen LogP contribution in [0.2, 0.25) is 0 Å². The number of ether oxygens (including phenoxy) is 1. The number of hydrogen-bond donors (Lipinski definition) is 0. The molecule has 80 valence electrons. The van der Waals surface area contributed by atoms with Gasteiger partial charge in [-0.15, -0.1) is 0 Å². The molecule has 0 bridgehead atoms. The van der Waals surface area contributed by atoms with Gasteiger partial charge in [-0.1, -0.05) is 32.8 Å². The molecule has 1 heterocycles. The fraction of sp³-hybridized carbons (Fsp3) is 0.833. The van der Waals surface area contributed by atoms with Gasteiger partial charge in [-0.25, -0.2) is 0 Å². The van der Waals surface area contributed by atoms with Crippen molar-refractivity contribution in [3.63, 3.8) is 0 Å². The Morgan fingerprint density at radius 1 is 1.36 bits per heavy atom. The van der Waals surface area contributed by atoms with Gasteiger partial charge in [-0.3, -0.25) is 4.90 Å². The van der Waals surface area contributed by atoms with Crippen molar-refractivity contribution in [2.75, 3.05) is 19.7 Å². The van der Waals surface area contributed by atoms with Crippen molar-refractivity contribution in [2.24, 2.45) is 0 Å². The Labute approximate surface area is 86.9 Å². The van der Waals surface area contributed by atoms with E-state index in [1.165, 1.54) is 32.1 Å². The van der Waals surface area contributed by atoms with Crippen molar-refractivity contribution in [3.8, 4) is 0 Å². The topological polar surface area (TPSA) is 12.5 Å². The van der Waals surface area contributed by atoms with Gasteiger partial charge in [-0.2, -0.15) is 0 Å². The highest BCUT2D eigenvalue weighted by atomic mass is 16.5. The van der Waals surface area contributed by atoms with Gasteiger partial charge in [0.1, 0.15) is 12.4 Å². The van der Waals surface area contributed by atoms with Crippen LogP contribution in [0.4, 0.5) is 0 Å². The number of likely N-dealkylation sites (N-methyl/N-ethyl adjacent to an activating group) is 1. The second kappa shape index (κ2) is 3.93. The SMILES string of the molecule is C=C1OCCN(CC)C12CCCCC2. The molecule has 14 heavy (non-hydrogen) atoms. The summed E-state index contributed by atoms with van der Waals surface area (Å²) in [7, 11) is 0. The zero-order valence-corrected chi connectivity index (χ0v) is 9.22. The number of rotatable bonds is 1. The number of hydrogen-bond acceptors (Lipinski definition) is 2. The van der Waals surface area contributed by atoms with Gasteiger partial charge in [0, 0.05) is 6.54 Å². The third-order valence-corrected chi connectivity index (χ3v) is 3.82. The van der Waals surface area contributed by atoms with Crippen LogP contribution in [0.1, 0.15) is 39.0 Å². The van der Waals surface area contributed by atoms with Crippen LogP contribution in [-0.2, 0) is 4.74 Å². The molecule has 0 N–H and O–H groups in total. The van der Waals surface area contributed by atoms with E-state index in [0.717, 1.165) is 25.5 Å². The standard InChI is InChI=1S/C12H21NO/c1-3-13-9-10-14-11(2)12(13)7-5-4-6-8-12/h2-10H2,1H3. The van der Waals surface area contributed by atoms with E-state index >= 15 is 0 Å². The lowest BCUT2D eigenvalue weighted by Crippen LogP contribution is -2.55. The minimum Gasteiger partial charge on any atom is -0.495 e. The first kappa shape index (κ1) is 10.0. The van der Waals surface area contributed by atoms with Crippen LogP contribution in [-0.4, -0.2) is 30.1 Å². The largest absolute Gasteiger partial charge is 0.495 e. The molecule has 0 radical (unpaired) electrons. The predicted molar refractivity (Wildman–Crippen MR) is 58.2 cm³/mol. The molecule has 2 nitrogen and oxygen atoms in total. The second-order valence-electron chi connectivity index (χ2n) is 4.44. The van der Waals surface area contributed by atoms with Gasteiger partial charge in [0.2, 0.25) is 0 Å². The highest BCUT2D eigenvalue weighted by molar-refractivity contribution is 5.15. The molecule has 0 aromatic rings. The van der Waals surface area contributed by atoms with Crippen LogP contribution >= 0.6 is 0 Å². The molecule has 0 amide bonds. The Morgan fingerprint density at radius 2 is 2.07 bits per heavy atom. The van der Waals surface area contributed by atoms with Gasteiger partial charge in [0.15, 0.2) is 0 Å². The normalized spacial score (nSPS) is 27.6. The number of morpholine rings is 1. The van der Waals surface area contributed by atoms with Crippen molar-refractivity contribution in [1.29, 1.82) is 0 Å². The maximum Gasteiger partial charge on any atom is 0.109 e. The Kier molecular flexibility index (Phi) is 2.82. The van der Waals surface area contributed by atoms with E-state index < -0.39 is 0 Å². The summed E-state index contributed by atoms with van der Waals surface area (Å²) in [4.78, 5) is 2.57. The van der Waals surface area contributed by atoms with E-state index in [2.05, 4.69) is 18.4 Å². The van der Waals surface area contributed by atoms with E-state index in [4.69, 9.17) is 4.74 Å². The third-order valence-electron chi connectivity index (χ3n) is 3.82. The fourth-order valence-electron chi connectivity index (χ4n) is 3.00. The average Bonchev–Trinajstić information content (AvgIpc) is 2.24. The van der Waals surface area contributed by atoms with Crippen molar-refractivity contribution >= 4 is 0 Å². The quantitative estimate of drug-likeness (QED) is 0.637. The molecular weight excluding hydrogens is 174 g/mol. The Morgan fingerprint density at radius 3 is 2.71 bits per heavy atom. The molecule has 0 aromatic carbocycles. The van der Waals surface area contributed by atoms with Crippen LogP contribution < -0.4 is 0 Å². The molecule has 2 rings (SSSR count). The van der Waals surface area contributed by atoms with E-state index in [0.29, 0.717) is 0 Å². The smallest absolute Gasteiger partial charge is 0.109 e. The van der Waals surface area contributed by atoms with Crippen LogP contribution in [0.15, 0.2) is 12.3 Å². The van der Waals surface area contributed by atoms with Crippen molar-refractivity contribution in [1.82, 2.24) is 4.90 Å². The summed E-state index contributed by atoms with van der Waals surface area (Å²) in [5.41, 5.74) is 0.200. The molecule has 0 atom stereocenters. The summed E-state index contributed by atoms with van der Waals surface area (Å²) in [6.07, 6.45) is 6.55. The van der Waals surface area contributed by atoms with E-state index in [1.807, 2.05) is 0 Å². The first-order valence-corrected chi connectivity index (χ1v) is 5.87. The van der Waals surface area contributed by atoms with Gasteiger partial charge in [0.05, 0.1) is 5.54 Å². The van der Waals surface area contributed by atoms with E-state index in [1.54, 1.807) is 0 Å². The molecule has 2 heteroatoms. The zero-order valence-electron chi connectivity index (χ0n) is 9.22. The van der Waals surface area contributed by atoms with E-state index in [9.17, 15) is 0 Å². The van der Waals surface area contributed by atoms with Crippen molar-refractivity contribution < 1.29 is 4.74 Å². The summed E-state index contributed by atoms with van der Waals surface area (Å²) in [6.45, 7) is 9.40. The molecule has 0 unspecified atom stereocenters. The predicted octanol–water partition coefficient (Wildman–Crippen LogP) is 2.56. The molecule has 0 aromatic heterocycles. The molecule has 1 aliphatic carbocycles. The highest BCUT2D eigenvalue weighted by Gasteiger charge is 2.43. The summed E-state index contributed by atoms with van der Waals surface area (Å²) in [5, 5.41) is 0. The van der Waals surface area contributed by atoms with E-state index in [-0.39, 0.29) is 5.54 Å². The lowest BCUT2D eigenvalue weighted by Gasteiger charge is -2.49. The molecule has 1 saturated heterocycles. The number of nitrogens with zero attached hydrogens (tertiary/aromatic N) is 1. The molecule has 1 saturated carbocycles. The Balaban J connectivity index is 2.19. The van der Waals surface area contributed by atoms with Gasteiger partial charge < -0.3 is 4.74 Å². The Hall–Kier alpha value is -0.500. The maximum absolute atomic E-state index is 5.67. The lowest BCUT2D eigenvalue weighted by atomic mass is 9.78. The molecule has 2 aliphatic rings. The lowest BCUT2D eigenvalue weighted by molar-refractivity contribution is -0.0305. The summed E-state index contributed by atoms with van der Waals surface area (Å²) in [5.74, 6) is 1.03. The maximum atomic E-state index is 5.67. The van der Waals surface area contributed by atoms with Gasteiger partial charge in [0.25, 0.3) is 0 Å². The zero-order chi connectivity index (χ0) is 10.0. The molecule has 1 aliphatic heterocycles. The van der Waals surface area contributed by atoms with Crippen LogP contribution in [0.25, 0.3) is 0 Å². The minimum absolute atomic E-state index is 0.200. The summed E-state index contributed by atoms with van der Waals surface area (Å²) >= 11 is 0. The van der Waals surface area contributed by atoms with Crippen molar-refractivity contribution in [2.45, 2.75) is 44.6 Å². The first-order chi connectivity index (χ1) is 6.79. The Bertz CT molecular complexity index is 218. The second-order valence-corrected chi connectivity index (χ2v) is 4.44. The van der Waals surface area contributed by atoms with Crippen LogP contribution in [0.3, 0.4) is 0 Å². The summed E-state index contributed by atoms with van der Waals surface area (Å²) in [6, 6.07) is 0. The first-order valence-electron chi connectivity index (χ1n) is 5.87. The van der Waals surface area contributed by atoms with Gasteiger partial charge in [-0.05, 0) is 19.4 Å². The van der Waals surface area contributed by atoms with Crippen LogP contribution in [0.5, 0.6) is 0 Å². The molecule has 1 spiro atoms. The average molecular weight is 195 g/mol.